The predicted molar refractivity (Wildman–Crippen MR) is 80.9 cm³/mol. The number of nitrogens with zero attached hydrogens (tertiary/aromatic N) is 2. The number of hydrogen-bond acceptors (Lipinski definition) is 3. The van der Waals surface area contributed by atoms with E-state index in [4.69, 9.17) is 4.74 Å². The number of aromatic nitrogens is 2. The van der Waals surface area contributed by atoms with Crippen molar-refractivity contribution < 1.29 is 4.74 Å². The maximum Gasteiger partial charge on any atom is 0.118 e. The maximum atomic E-state index is 5.16. The normalized spacial score (nSPS) is 11.0. The molecule has 108 valence electrons. The molecule has 2 aromatic rings. The van der Waals surface area contributed by atoms with E-state index in [0.29, 0.717) is 6.04 Å². The summed E-state index contributed by atoms with van der Waals surface area (Å²) in [6, 6.07) is 8.70. The van der Waals surface area contributed by atoms with Gasteiger partial charge in [0.15, 0.2) is 0 Å². The number of rotatable bonds is 7. The van der Waals surface area contributed by atoms with Crippen molar-refractivity contribution in [1.29, 1.82) is 0 Å². The van der Waals surface area contributed by atoms with E-state index in [1.807, 2.05) is 18.5 Å². The van der Waals surface area contributed by atoms with Gasteiger partial charge in [-0.15, -0.1) is 0 Å². The SMILES string of the molecule is COc1ccc(CCn2cnc(CNC(C)C)c2)cc1. The molecule has 4 heteroatoms. The van der Waals surface area contributed by atoms with E-state index in [-0.39, 0.29) is 0 Å². The number of methoxy groups -OCH3 is 1. The van der Waals surface area contributed by atoms with Crippen molar-refractivity contribution in [1.82, 2.24) is 14.9 Å². The lowest BCUT2D eigenvalue weighted by atomic mass is 10.1. The third-order valence-corrected chi connectivity index (χ3v) is 3.20. The van der Waals surface area contributed by atoms with Crippen LogP contribution in [0.2, 0.25) is 0 Å². The van der Waals surface area contributed by atoms with Crippen LogP contribution in [0.4, 0.5) is 0 Å². The number of ether oxygens (including phenoxy) is 1. The van der Waals surface area contributed by atoms with Crippen molar-refractivity contribution in [2.45, 2.75) is 39.4 Å². The molecule has 0 unspecified atom stereocenters. The van der Waals surface area contributed by atoms with Gasteiger partial charge in [-0.05, 0) is 24.1 Å². The third kappa shape index (κ3) is 4.38. The van der Waals surface area contributed by atoms with Crippen LogP contribution in [0.3, 0.4) is 0 Å². The third-order valence-electron chi connectivity index (χ3n) is 3.20. The van der Waals surface area contributed by atoms with Crippen LogP contribution in [-0.4, -0.2) is 22.7 Å². The fourth-order valence-electron chi connectivity index (χ4n) is 1.98. The molecule has 1 N–H and O–H groups in total. The topological polar surface area (TPSA) is 39.1 Å². The average molecular weight is 273 g/mol. The summed E-state index contributed by atoms with van der Waals surface area (Å²) in [7, 11) is 1.69. The summed E-state index contributed by atoms with van der Waals surface area (Å²) in [6.07, 6.45) is 5.01. The van der Waals surface area contributed by atoms with Gasteiger partial charge in [0.25, 0.3) is 0 Å². The van der Waals surface area contributed by atoms with Crippen molar-refractivity contribution in [3.8, 4) is 5.75 Å². The van der Waals surface area contributed by atoms with Crippen LogP contribution in [0.15, 0.2) is 36.8 Å². The highest BCUT2D eigenvalue weighted by molar-refractivity contribution is 5.27. The largest absolute Gasteiger partial charge is 0.497 e. The van der Waals surface area contributed by atoms with E-state index < -0.39 is 0 Å². The van der Waals surface area contributed by atoms with Crippen molar-refractivity contribution in [2.75, 3.05) is 7.11 Å². The molecule has 4 nitrogen and oxygen atoms in total. The van der Waals surface area contributed by atoms with Crippen LogP contribution >= 0.6 is 0 Å². The van der Waals surface area contributed by atoms with Gasteiger partial charge in [-0.3, -0.25) is 0 Å². The van der Waals surface area contributed by atoms with Crippen LogP contribution in [0.25, 0.3) is 0 Å². The second-order valence-electron chi connectivity index (χ2n) is 5.24. The average Bonchev–Trinajstić information content (AvgIpc) is 2.91. The summed E-state index contributed by atoms with van der Waals surface area (Å²) in [5.41, 5.74) is 2.40. The lowest BCUT2D eigenvalue weighted by Gasteiger charge is -2.05. The standard InChI is InChI=1S/C16H23N3O/c1-13(2)17-10-15-11-19(12-18-15)9-8-14-4-6-16(20-3)7-5-14/h4-7,11-13,17H,8-10H2,1-3H3. The van der Waals surface area contributed by atoms with Gasteiger partial charge in [0.2, 0.25) is 0 Å². The summed E-state index contributed by atoms with van der Waals surface area (Å²) in [5.74, 6) is 0.901. The van der Waals surface area contributed by atoms with Crippen LogP contribution in [0, 0.1) is 0 Å². The molecule has 0 atom stereocenters. The Hall–Kier alpha value is -1.81. The molecule has 0 saturated heterocycles. The lowest BCUT2D eigenvalue weighted by Crippen LogP contribution is -2.21. The van der Waals surface area contributed by atoms with Gasteiger partial charge in [-0.25, -0.2) is 4.98 Å². The molecule has 0 spiro atoms. The molecule has 0 fully saturated rings. The van der Waals surface area contributed by atoms with Crippen molar-refractivity contribution in [3.05, 3.63) is 48.0 Å². The number of benzene rings is 1. The van der Waals surface area contributed by atoms with Gasteiger partial charge in [0.1, 0.15) is 5.75 Å². The first-order valence-corrected chi connectivity index (χ1v) is 7.04. The molecular formula is C16H23N3O. The van der Waals surface area contributed by atoms with Crippen LogP contribution in [-0.2, 0) is 19.5 Å². The Kier molecular flexibility index (Phi) is 5.18. The molecule has 0 radical (unpaired) electrons. The Morgan fingerprint density at radius 1 is 1.25 bits per heavy atom. The Morgan fingerprint density at radius 3 is 2.65 bits per heavy atom. The highest BCUT2D eigenvalue weighted by Crippen LogP contribution is 2.12. The van der Waals surface area contributed by atoms with Crippen LogP contribution < -0.4 is 10.1 Å². The van der Waals surface area contributed by atoms with E-state index in [2.05, 4.69) is 47.0 Å². The molecule has 0 amide bonds. The highest BCUT2D eigenvalue weighted by Gasteiger charge is 2.01. The molecule has 1 aromatic carbocycles. The smallest absolute Gasteiger partial charge is 0.118 e. The fourth-order valence-corrected chi connectivity index (χ4v) is 1.98. The molecule has 0 aliphatic carbocycles. The number of aryl methyl sites for hydroxylation is 2. The summed E-state index contributed by atoms with van der Waals surface area (Å²) >= 11 is 0. The lowest BCUT2D eigenvalue weighted by molar-refractivity contribution is 0.414. The van der Waals surface area contributed by atoms with E-state index in [0.717, 1.165) is 31.0 Å². The molecule has 1 heterocycles. The Morgan fingerprint density at radius 2 is 2.00 bits per heavy atom. The molecular weight excluding hydrogens is 250 g/mol. The van der Waals surface area contributed by atoms with Crippen molar-refractivity contribution in [2.24, 2.45) is 0 Å². The van der Waals surface area contributed by atoms with Crippen LogP contribution in [0.5, 0.6) is 5.75 Å². The first-order chi connectivity index (χ1) is 9.67. The quantitative estimate of drug-likeness (QED) is 0.843. The minimum absolute atomic E-state index is 0.486. The van der Waals surface area contributed by atoms with Gasteiger partial charge in [-0.2, -0.15) is 0 Å². The molecule has 0 bridgehead atoms. The minimum Gasteiger partial charge on any atom is -0.497 e. The van der Waals surface area contributed by atoms with Crippen molar-refractivity contribution in [3.63, 3.8) is 0 Å². The second-order valence-corrected chi connectivity index (χ2v) is 5.24. The summed E-state index contributed by atoms with van der Waals surface area (Å²) in [5, 5.41) is 3.37. The summed E-state index contributed by atoms with van der Waals surface area (Å²) in [4.78, 5) is 4.41. The fraction of sp³-hybridized carbons (Fsp3) is 0.438. The van der Waals surface area contributed by atoms with Gasteiger partial charge < -0.3 is 14.6 Å². The molecule has 0 aliphatic heterocycles. The zero-order chi connectivity index (χ0) is 14.4. The van der Waals surface area contributed by atoms with E-state index in [1.165, 1.54) is 5.56 Å². The molecule has 2 rings (SSSR count). The zero-order valence-electron chi connectivity index (χ0n) is 12.5. The van der Waals surface area contributed by atoms with Gasteiger partial charge >= 0.3 is 0 Å². The molecule has 0 aliphatic rings. The monoisotopic (exact) mass is 273 g/mol. The van der Waals surface area contributed by atoms with E-state index >= 15 is 0 Å². The molecule has 1 aromatic heterocycles. The number of nitrogens with one attached hydrogen (secondary N) is 1. The van der Waals surface area contributed by atoms with Gasteiger partial charge in [0.05, 0.1) is 19.1 Å². The zero-order valence-corrected chi connectivity index (χ0v) is 12.5. The highest BCUT2D eigenvalue weighted by atomic mass is 16.5. The maximum absolute atomic E-state index is 5.16. The van der Waals surface area contributed by atoms with Crippen LogP contribution in [0.1, 0.15) is 25.1 Å². The minimum atomic E-state index is 0.486. The Labute approximate surface area is 120 Å². The predicted octanol–water partition coefficient (Wildman–Crippen LogP) is 2.63. The van der Waals surface area contributed by atoms with Crippen molar-refractivity contribution >= 4 is 0 Å². The summed E-state index contributed by atoms with van der Waals surface area (Å²) < 4.78 is 7.30. The second kappa shape index (κ2) is 7.10. The van der Waals surface area contributed by atoms with E-state index in [9.17, 15) is 0 Å². The first kappa shape index (κ1) is 14.6. The first-order valence-electron chi connectivity index (χ1n) is 7.04. The summed E-state index contributed by atoms with van der Waals surface area (Å²) in [6.45, 7) is 6.05. The van der Waals surface area contributed by atoms with E-state index in [1.54, 1.807) is 7.11 Å². The number of hydrogen-bond donors (Lipinski definition) is 1. The number of imidazole rings is 1. The Bertz CT molecular complexity index is 517. The Balaban J connectivity index is 1.84. The molecule has 0 saturated carbocycles. The van der Waals surface area contributed by atoms with Gasteiger partial charge in [0, 0.05) is 25.3 Å². The van der Waals surface area contributed by atoms with Gasteiger partial charge in [-0.1, -0.05) is 26.0 Å². The molecule has 20 heavy (non-hydrogen) atoms.